The summed E-state index contributed by atoms with van der Waals surface area (Å²) in [5.41, 5.74) is -0.703. The van der Waals surface area contributed by atoms with Gasteiger partial charge in [-0.25, -0.2) is 19.6 Å². The number of nitrogens with one attached hydrogen (secondary N) is 2. The zero-order chi connectivity index (χ0) is 28.6. The van der Waals surface area contributed by atoms with Gasteiger partial charge in [0.05, 0.1) is 5.56 Å². The molecule has 0 saturated heterocycles. The number of nitrogens with zero attached hydrogens (tertiary/aromatic N) is 5. The van der Waals surface area contributed by atoms with Gasteiger partial charge in [-0.1, -0.05) is 19.1 Å². The number of halogens is 3. The van der Waals surface area contributed by atoms with Crippen LogP contribution in [0.25, 0.3) is 22.6 Å². The third-order valence-corrected chi connectivity index (χ3v) is 6.47. The molecule has 1 aliphatic carbocycles. The smallest absolute Gasteiger partial charge is 0.332 e. The SMILES string of the molecule is C=CCN(C(=O)Nc1cccc(C(F)(F)F)c1)c1ccc(-c2nc3c([nH]2)c(=O)n(C2CC2)c(=O)n3CCC)cn1. The van der Waals surface area contributed by atoms with Gasteiger partial charge in [0.15, 0.2) is 5.65 Å². The first-order valence-electron chi connectivity index (χ1n) is 12.7. The first kappa shape index (κ1) is 26.9. The van der Waals surface area contributed by atoms with Gasteiger partial charge in [0.2, 0.25) is 0 Å². The van der Waals surface area contributed by atoms with Crippen LogP contribution < -0.4 is 21.5 Å². The number of aromatic nitrogens is 5. The Kier molecular flexibility index (Phi) is 7.04. The molecule has 1 aromatic carbocycles. The van der Waals surface area contributed by atoms with Gasteiger partial charge in [0.25, 0.3) is 5.56 Å². The van der Waals surface area contributed by atoms with E-state index >= 15 is 0 Å². The molecule has 0 aliphatic heterocycles. The lowest BCUT2D eigenvalue weighted by molar-refractivity contribution is -0.137. The molecule has 0 unspecified atom stereocenters. The van der Waals surface area contributed by atoms with Crippen LogP contribution in [0, 0.1) is 0 Å². The monoisotopic (exact) mass is 553 g/mol. The number of aryl methyl sites for hydroxylation is 1. The lowest BCUT2D eigenvalue weighted by atomic mass is 10.2. The maximum atomic E-state index is 13.1. The van der Waals surface area contributed by atoms with Crippen LogP contribution in [0.4, 0.5) is 29.5 Å². The molecule has 10 nitrogen and oxygen atoms in total. The molecule has 0 radical (unpaired) electrons. The predicted molar refractivity (Wildman–Crippen MR) is 144 cm³/mol. The molecular formula is C27H26F3N7O3. The van der Waals surface area contributed by atoms with Crippen LogP contribution in [0.2, 0.25) is 0 Å². The van der Waals surface area contributed by atoms with Crippen LogP contribution in [0.3, 0.4) is 0 Å². The van der Waals surface area contributed by atoms with Gasteiger partial charge in [-0.05, 0) is 49.6 Å². The van der Waals surface area contributed by atoms with Gasteiger partial charge in [0.1, 0.15) is 17.2 Å². The number of aromatic amines is 1. The Morgan fingerprint density at radius 2 is 2.02 bits per heavy atom. The van der Waals surface area contributed by atoms with Crippen molar-refractivity contribution in [1.29, 1.82) is 0 Å². The number of pyridine rings is 1. The molecule has 2 N–H and O–H groups in total. The number of anilines is 2. The lowest BCUT2D eigenvalue weighted by Crippen LogP contribution is -2.39. The van der Waals surface area contributed by atoms with E-state index in [0.717, 1.165) is 25.0 Å². The normalized spacial score (nSPS) is 13.4. The number of benzene rings is 1. The van der Waals surface area contributed by atoms with E-state index in [4.69, 9.17) is 0 Å². The zero-order valence-electron chi connectivity index (χ0n) is 21.5. The molecule has 208 valence electrons. The van der Waals surface area contributed by atoms with E-state index in [2.05, 4.69) is 26.8 Å². The highest BCUT2D eigenvalue weighted by Gasteiger charge is 2.31. The Bertz CT molecular complexity index is 1700. The minimum Gasteiger partial charge on any atom is -0.332 e. The van der Waals surface area contributed by atoms with Crippen molar-refractivity contribution >= 4 is 28.7 Å². The third kappa shape index (κ3) is 5.14. The average Bonchev–Trinajstić information content (AvgIpc) is 3.66. The van der Waals surface area contributed by atoms with Gasteiger partial charge < -0.3 is 10.3 Å². The first-order chi connectivity index (χ1) is 19.1. The van der Waals surface area contributed by atoms with E-state index in [1.807, 2.05) is 6.92 Å². The number of hydrogen-bond acceptors (Lipinski definition) is 5. The van der Waals surface area contributed by atoms with Crippen molar-refractivity contribution < 1.29 is 18.0 Å². The summed E-state index contributed by atoms with van der Waals surface area (Å²) < 4.78 is 42.0. The molecule has 0 atom stereocenters. The van der Waals surface area contributed by atoms with Gasteiger partial charge >= 0.3 is 17.9 Å². The number of urea groups is 1. The van der Waals surface area contributed by atoms with Crippen LogP contribution in [-0.2, 0) is 12.7 Å². The summed E-state index contributed by atoms with van der Waals surface area (Å²) in [6.07, 6.45) is 0.591. The Balaban J connectivity index is 1.44. The number of carbonyl (C=O) groups excluding carboxylic acids is 1. The van der Waals surface area contributed by atoms with Crippen LogP contribution in [0.15, 0.2) is 64.8 Å². The number of alkyl halides is 3. The number of rotatable bonds is 8. The van der Waals surface area contributed by atoms with E-state index < -0.39 is 23.3 Å². The number of hydrogen-bond donors (Lipinski definition) is 2. The summed E-state index contributed by atoms with van der Waals surface area (Å²) in [6, 6.07) is 6.69. The van der Waals surface area contributed by atoms with Crippen LogP contribution >= 0.6 is 0 Å². The molecule has 1 aliphatic rings. The molecule has 13 heteroatoms. The second kappa shape index (κ2) is 10.5. The summed E-state index contributed by atoms with van der Waals surface area (Å²) in [7, 11) is 0. The maximum absolute atomic E-state index is 13.1. The summed E-state index contributed by atoms with van der Waals surface area (Å²) in [4.78, 5) is 52.2. The van der Waals surface area contributed by atoms with Crippen molar-refractivity contribution in [1.82, 2.24) is 24.1 Å². The fourth-order valence-corrected chi connectivity index (χ4v) is 4.41. The maximum Gasteiger partial charge on any atom is 0.416 e. The lowest BCUT2D eigenvalue weighted by Gasteiger charge is -2.21. The molecule has 2 amide bonds. The molecule has 5 rings (SSSR count). The minimum atomic E-state index is -4.55. The summed E-state index contributed by atoms with van der Waals surface area (Å²) in [6.45, 7) is 6.01. The molecule has 0 spiro atoms. The van der Waals surface area contributed by atoms with Crippen molar-refractivity contribution in [2.24, 2.45) is 0 Å². The van der Waals surface area contributed by atoms with Gasteiger partial charge in [-0.15, -0.1) is 6.58 Å². The second-order valence-corrected chi connectivity index (χ2v) is 9.44. The second-order valence-electron chi connectivity index (χ2n) is 9.44. The summed E-state index contributed by atoms with van der Waals surface area (Å²) in [5, 5.41) is 2.46. The molecule has 1 saturated carbocycles. The highest BCUT2D eigenvalue weighted by molar-refractivity contribution is 6.01. The molecule has 4 aromatic rings. The highest BCUT2D eigenvalue weighted by atomic mass is 19.4. The fraction of sp³-hybridized carbons (Fsp3) is 0.296. The fourth-order valence-electron chi connectivity index (χ4n) is 4.41. The number of amides is 2. The van der Waals surface area contributed by atoms with Crippen LogP contribution in [0.1, 0.15) is 37.8 Å². The highest BCUT2D eigenvalue weighted by Crippen LogP contribution is 2.33. The number of fused-ring (bicyclic) bond motifs is 1. The van der Waals surface area contributed by atoms with Crippen LogP contribution in [-0.4, -0.2) is 36.7 Å². The zero-order valence-corrected chi connectivity index (χ0v) is 21.5. The number of carbonyl (C=O) groups is 1. The topological polar surface area (TPSA) is 118 Å². The first-order valence-corrected chi connectivity index (χ1v) is 12.7. The molecule has 3 aromatic heterocycles. The largest absolute Gasteiger partial charge is 0.416 e. The van der Waals surface area contributed by atoms with Gasteiger partial charge in [-0.2, -0.15) is 13.2 Å². The number of H-pyrrole nitrogens is 1. The Morgan fingerprint density at radius 1 is 1.25 bits per heavy atom. The Hall–Kier alpha value is -4.68. The van der Waals surface area contributed by atoms with Gasteiger partial charge in [0, 0.05) is 36.6 Å². The average molecular weight is 554 g/mol. The van der Waals surface area contributed by atoms with Crippen molar-refractivity contribution in [3.05, 3.63) is 81.7 Å². The van der Waals surface area contributed by atoms with Crippen molar-refractivity contribution in [2.45, 2.75) is 44.9 Å². The van der Waals surface area contributed by atoms with E-state index in [1.54, 1.807) is 12.1 Å². The van der Waals surface area contributed by atoms with Crippen molar-refractivity contribution in [3.63, 3.8) is 0 Å². The standard InChI is InChI=1S/C27H26F3N7O3/c1-3-12-35(25(39)32-18-7-5-6-17(14-18)27(28,29)30)20-11-8-16(15-31-20)22-33-21-23(34-22)36(13-4-2)26(40)37(24(21)38)19-9-10-19/h3,5-8,11,14-15,19H,1,4,9-10,12-13H2,2H3,(H,32,39)(H,33,34). The third-order valence-electron chi connectivity index (χ3n) is 6.47. The predicted octanol–water partition coefficient (Wildman–Crippen LogP) is 4.94. The Morgan fingerprint density at radius 3 is 2.65 bits per heavy atom. The number of imidazole rings is 1. The summed E-state index contributed by atoms with van der Waals surface area (Å²) in [5.74, 6) is 0.538. The van der Waals surface area contributed by atoms with E-state index in [9.17, 15) is 27.6 Å². The quantitative estimate of drug-likeness (QED) is 0.300. The van der Waals surface area contributed by atoms with Crippen molar-refractivity contribution in [2.75, 3.05) is 16.8 Å². The molecular weight excluding hydrogens is 527 g/mol. The van der Waals surface area contributed by atoms with E-state index in [-0.39, 0.29) is 40.9 Å². The molecule has 40 heavy (non-hydrogen) atoms. The van der Waals surface area contributed by atoms with Crippen molar-refractivity contribution in [3.8, 4) is 11.4 Å². The van der Waals surface area contributed by atoms with Gasteiger partial charge in [-0.3, -0.25) is 18.8 Å². The summed E-state index contributed by atoms with van der Waals surface area (Å²) >= 11 is 0. The minimum absolute atomic E-state index is 0.0252. The molecule has 0 bridgehead atoms. The molecule has 1 fully saturated rings. The molecule has 3 heterocycles. The van der Waals surface area contributed by atoms with E-state index in [1.165, 1.54) is 38.4 Å². The van der Waals surface area contributed by atoms with E-state index in [0.29, 0.717) is 24.4 Å². The van der Waals surface area contributed by atoms with Crippen LogP contribution in [0.5, 0.6) is 0 Å². The Labute approximate surface area is 225 Å².